The molecule has 2 atom stereocenters. The van der Waals surface area contributed by atoms with Gasteiger partial charge >= 0.3 is 5.97 Å². The van der Waals surface area contributed by atoms with Gasteiger partial charge in [0.1, 0.15) is 0 Å². The number of nitrogens with zero attached hydrogens (tertiary/aromatic N) is 2. The Labute approximate surface area is 209 Å². The summed E-state index contributed by atoms with van der Waals surface area (Å²) in [5.74, 6) is 1.67. The van der Waals surface area contributed by atoms with E-state index in [9.17, 15) is 4.79 Å². The summed E-state index contributed by atoms with van der Waals surface area (Å²) < 4.78 is 5.25. The number of rotatable bonds is 10. The fraction of sp³-hybridized carbons (Fsp3) is 0.692. The van der Waals surface area contributed by atoms with Crippen molar-refractivity contribution in [3.8, 4) is 0 Å². The van der Waals surface area contributed by atoms with E-state index in [0.29, 0.717) is 17.6 Å². The van der Waals surface area contributed by atoms with Crippen molar-refractivity contribution in [3.63, 3.8) is 0 Å². The molecule has 0 saturated heterocycles. The molecule has 33 heavy (non-hydrogen) atoms. The average Bonchev–Trinajstić information content (AvgIpc) is 3.13. The lowest BCUT2D eigenvalue weighted by molar-refractivity contribution is -0.147. The van der Waals surface area contributed by atoms with Gasteiger partial charge in [0.05, 0.1) is 19.5 Å². The number of methoxy groups -OCH3 is 1. The molecule has 0 amide bonds. The second-order valence-corrected chi connectivity index (χ2v) is 11.5. The molecule has 1 aromatic carbocycles. The van der Waals surface area contributed by atoms with Crippen molar-refractivity contribution in [2.24, 2.45) is 16.8 Å². The number of carbonyl (C=O) groups is 1. The van der Waals surface area contributed by atoms with Crippen LogP contribution in [0.3, 0.4) is 0 Å². The summed E-state index contributed by atoms with van der Waals surface area (Å²) >= 11 is 7.72. The molecule has 0 spiro atoms. The molecule has 184 valence electrons. The van der Waals surface area contributed by atoms with Gasteiger partial charge in [-0.1, -0.05) is 31.4 Å². The van der Waals surface area contributed by atoms with E-state index in [1.807, 2.05) is 24.7 Å². The average molecular weight is 494 g/mol. The van der Waals surface area contributed by atoms with Gasteiger partial charge in [-0.25, -0.2) is 4.79 Å². The highest BCUT2D eigenvalue weighted by molar-refractivity contribution is 7.98. The maximum atomic E-state index is 12.9. The number of thioether (sulfide) groups is 1. The molecule has 1 aromatic rings. The molecule has 0 radical (unpaired) electrons. The number of ether oxygens (including phenoxy) is 1. The Morgan fingerprint density at radius 3 is 2.52 bits per heavy atom. The van der Waals surface area contributed by atoms with Crippen molar-refractivity contribution in [1.29, 1.82) is 0 Å². The maximum absolute atomic E-state index is 12.9. The lowest BCUT2D eigenvalue weighted by atomic mass is 9.70. The molecule has 3 rings (SSSR count). The lowest BCUT2D eigenvalue weighted by Gasteiger charge is -2.42. The third-order valence-corrected chi connectivity index (χ3v) is 8.49. The van der Waals surface area contributed by atoms with Crippen LogP contribution in [0.15, 0.2) is 29.3 Å². The largest absolute Gasteiger partial charge is 0.467 e. The molecule has 1 N–H and O–H groups in total. The highest BCUT2D eigenvalue weighted by Crippen LogP contribution is 2.42. The first-order chi connectivity index (χ1) is 15.8. The van der Waals surface area contributed by atoms with E-state index in [1.54, 1.807) is 11.8 Å². The number of hydrogen-bond donors (Lipinski definition) is 1. The fourth-order valence-electron chi connectivity index (χ4n) is 5.64. The number of halogens is 1. The maximum Gasteiger partial charge on any atom is 0.336 e. The monoisotopic (exact) mass is 493 g/mol. The zero-order chi connectivity index (χ0) is 24.1. The third-order valence-electron chi connectivity index (χ3n) is 7.51. The van der Waals surface area contributed by atoms with Gasteiger partial charge in [-0.2, -0.15) is 11.8 Å². The molecule has 2 unspecified atom stereocenters. The Bertz CT molecular complexity index is 808. The minimum atomic E-state index is -0.782. The molecule has 7 heteroatoms. The summed E-state index contributed by atoms with van der Waals surface area (Å²) in [6.45, 7) is 7.72. The Balaban J connectivity index is 1.65. The number of nitrogens with one attached hydrogen (secondary N) is 1. The van der Waals surface area contributed by atoms with E-state index in [2.05, 4.69) is 43.1 Å². The van der Waals surface area contributed by atoms with E-state index >= 15 is 0 Å². The fourth-order valence-corrected chi connectivity index (χ4v) is 6.59. The number of anilines is 1. The topological polar surface area (TPSA) is 53.9 Å². The predicted molar refractivity (Wildman–Crippen MR) is 142 cm³/mol. The Kier molecular flexibility index (Phi) is 9.02. The normalized spacial score (nSPS) is 27.6. The smallest absolute Gasteiger partial charge is 0.336 e. The van der Waals surface area contributed by atoms with Gasteiger partial charge in [0.2, 0.25) is 0 Å². The van der Waals surface area contributed by atoms with Gasteiger partial charge in [-0.15, -0.1) is 0 Å². The van der Waals surface area contributed by atoms with E-state index < -0.39 is 5.54 Å². The first-order valence-electron chi connectivity index (χ1n) is 12.2. The van der Waals surface area contributed by atoms with Crippen LogP contribution < -0.4 is 5.32 Å². The summed E-state index contributed by atoms with van der Waals surface area (Å²) in [5.41, 5.74) is 0.345. The highest BCUT2D eigenvalue weighted by Gasteiger charge is 2.52. The number of benzene rings is 1. The number of carbonyl (C=O) groups excluding carboxylic acids is 1. The van der Waals surface area contributed by atoms with Crippen LogP contribution in [-0.2, 0) is 9.53 Å². The second kappa shape index (κ2) is 11.4. The molecular weight excluding hydrogens is 454 g/mol. The zero-order valence-corrected chi connectivity index (χ0v) is 22.3. The van der Waals surface area contributed by atoms with Crippen LogP contribution in [0.4, 0.5) is 5.69 Å². The van der Waals surface area contributed by atoms with Crippen LogP contribution in [0.1, 0.15) is 59.3 Å². The first kappa shape index (κ1) is 26.2. The predicted octanol–water partition coefficient (Wildman–Crippen LogP) is 6.12. The number of aliphatic imine (C=N–C) groups is 1. The SMILES string of the molecule is CCCN1C=NC(CSC)(C(=O)OC)C1CC1CCC(C(C)(C)Nc2ccc(Cl)cc2)CC1. The summed E-state index contributed by atoms with van der Waals surface area (Å²) in [6, 6.07) is 8.06. The molecule has 1 saturated carbocycles. The van der Waals surface area contributed by atoms with Gasteiger partial charge < -0.3 is 15.0 Å². The van der Waals surface area contributed by atoms with E-state index in [0.717, 1.165) is 30.1 Å². The lowest BCUT2D eigenvalue weighted by Crippen LogP contribution is -2.54. The van der Waals surface area contributed by atoms with Crippen molar-refractivity contribution in [1.82, 2.24) is 4.90 Å². The van der Waals surface area contributed by atoms with Gasteiger partial charge in [-0.3, -0.25) is 4.99 Å². The van der Waals surface area contributed by atoms with Gasteiger partial charge in [0.15, 0.2) is 5.54 Å². The van der Waals surface area contributed by atoms with Crippen molar-refractivity contribution in [3.05, 3.63) is 29.3 Å². The van der Waals surface area contributed by atoms with Crippen LogP contribution in [-0.4, -0.2) is 60.0 Å². The van der Waals surface area contributed by atoms with Crippen molar-refractivity contribution in [2.45, 2.75) is 76.4 Å². The zero-order valence-electron chi connectivity index (χ0n) is 20.8. The molecule has 1 heterocycles. The third kappa shape index (κ3) is 6.00. The van der Waals surface area contributed by atoms with Crippen LogP contribution in [0, 0.1) is 11.8 Å². The first-order valence-corrected chi connectivity index (χ1v) is 13.9. The van der Waals surface area contributed by atoms with Crippen LogP contribution >= 0.6 is 23.4 Å². The molecule has 0 aromatic heterocycles. The van der Waals surface area contributed by atoms with Crippen LogP contribution in [0.2, 0.25) is 5.02 Å². The summed E-state index contributed by atoms with van der Waals surface area (Å²) in [7, 11) is 1.49. The summed E-state index contributed by atoms with van der Waals surface area (Å²) in [4.78, 5) is 20.0. The number of esters is 1. The highest BCUT2D eigenvalue weighted by atomic mass is 35.5. The molecule has 2 aliphatic rings. The van der Waals surface area contributed by atoms with Crippen LogP contribution in [0.25, 0.3) is 0 Å². The van der Waals surface area contributed by atoms with E-state index in [-0.39, 0.29) is 17.6 Å². The Morgan fingerprint density at radius 2 is 1.94 bits per heavy atom. The summed E-state index contributed by atoms with van der Waals surface area (Å²) in [5, 5.41) is 4.49. The molecule has 0 bridgehead atoms. The molecule has 1 fully saturated rings. The van der Waals surface area contributed by atoms with E-state index in [1.165, 1.54) is 32.8 Å². The quantitative estimate of drug-likeness (QED) is 0.397. The summed E-state index contributed by atoms with van der Waals surface area (Å²) in [6.07, 6.45) is 10.7. The minimum Gasteiger partial charge on any atom is -0.467 e. The number of hydrogen-bond acceptors (Lipinski definition) is 6. The minimum absolute atomic E-state index is 0.0120. The molecule has 1 aliphatic heterocycles. The standard InChI is InChI=1S/C26H40ClN3O2S/c1-6-15-30-18-28-26(17-33-5,24(31)32-4)23(30)16-19-7-9-20(10-8-19)25(2,3)29-22-13-11-21(27)12-14-22/h11-14,18-20,23,29H,6-10,15-17H2,1-5H3. The van der Waals surface area contributed by atoms with Crippen molar-refractivity contribution in [2.75, 3.05) is 31.0 Å². The van der Waals surface area contributed by atoms with E-state index in [4.69, 9.17) is 21.3 Å². The van der Waals surface area contributed by atoms with Crippen molar-refractivity contribution >= 4 is 41.4 Å². The Morgan fingerprint density at radius 1 is 1.27 bits per heavy atom. The second-order valence-electron chi connectivity index (χ2n) is 10.2. The Hall–Kier alpha value is -1.40. The molecule has 1 aliphatic carbocycles. The van der Waals surface area contributed by atoms with Gasteiger partial charge in [0, 0.05) is 28.5 Å². The molecular formula is C26H40ClN3O2S. The van der Waals surface area contributed by atoms with Gasteiger partial charge in [-0.05, 0) is 81.9 Å². The van der Waals surface area contributed by atoms with Crippen LogP contribution in [0.5, 0.6) is 0 Å². The van der Waals surface area contributed by atoms with Crippen molar-refractivity contribution < 1.29 is 9.53 Å². The van der Waals surface area contributed by atoms with Gasteiger partial charge in [0.25, 0.3) is 0 Å². The molecule has 5 nitrogen and oxygen atoms in total.